The fraction of sp³-hybridized carbons (Fsp3) is 0.200. The molecule has 0 atom stereocenters. The Hall–Kier alpha value is -2.66. The number of carbonyl (C=O) groups is 1. The smallest absolute Gasteiger partial charge is 0.252 e. The summed E-state index contributed by atoms with van der Waals surface area (Å²) in [5.41, 5.74) is 1.78. The fourth-order valence-electron chi connectivity index (χ4n) is 2.61. The number of carbonyl (C=O) groups excluding carboxylic acids is 1. The number of pyridine rings is 1. The van der Waals surface area contributed by atoms with Crippen molar-refractivity contribution in [3.05, 3.63) is 71.4 Å². The first-order valence-corrected chi connectivity index (χ1v) is 8.85. The van der Waals surface area contributed by atoms with Crippen LogP contribution >= 0.6 is 11.3 Å². The first-order chi connectivity index (χ1) is 12.0. The van der Waals surface area contributed by atoms with E-state index in [9.17, 15) is 4.79 Å². The SMILES string of the molecule is COc1csc(-c2ccccc2C(=O)NC(C)(C)c2ccccn2)c1. The summed E-state index contributed by atoms with van der Waals surface area (Å²) in [6.45, 7) is 3.90. The number of thiophene rings is 1. The number of benzene rings is 1. The van der Waals surface area contributed by atoms with Gasteiger partial charge in [0.1, 0.15) is 5.75 Å². The maximum Gasteiger partial charge on any atom is 0.252 e. The number of nitrogens with one attached hydrogen (secondary N) is 1. The van der Waals surface area contributed by atoms with Gasteiger partial charge in [-0.05, 0) is 38.1 Å². The van der Waals surface area contributed by atoms with Crippen molar-refractivity contribution in [1.29, 1.82) is 0 Å². The molecule has 0 bridgehead atoms. The topological polar surface area (TPSA) is 51.2 Å². The average molecular weight is 352 g/mol. The molecule has 128 valence electrons. The van der Waals surface area contributed by atoms with Crippen LogP contribution in [0.2, 0.25) is 0 Å². The fourth-order valence-corrected chi connectivity index (χ4v) is 3.51. The molecule has 0 unspecified atom stereocenters. The first kappa shape index (κ1) is 17.2. The molecule has 3 rings (SSSR count). The van der Waals surface area contributed by atoms with Crippen molar-refractivity contribution in [3.8, 4) is 16.2 Å². The second-order valence-corrected chi connectivity index (χ2v) is 7.10. The lowest BCUT2D eigenvalue weighted by molar-refractivity contribution is 0.0911. The van der Waals surface area contributed by atoms with Gasteiger partial charge in [0, 0.05) is 27.6 Å². The Kier molecular flexibility index (Phi) is 4.86. The minimum absolute atomic E-state index is 0.126. The van der Waals surface area contributed by atoms with Gasteiger partial charge >= 0.3 is 0 Å². The molecule has 1 amide bonds. The molecule has 0 saturated heterocycles. The monoisotopic (exact) mass is 352 g/mol. The van der Waals surface area contributed by atoms with Gasteiger partial charge in [-0.25, -0.2) is 0 Å². The molecule has 0 radical (unpaired) electrons. The quantitative estimate of drug-likeness (QED) is 0.736. The Morgan fingerprint density at radius 1 is 1.16 bits per heavy atom. The van der Waals surface area contributed by atoms with Gasteiger partial charge in [-0.3, -0.25) is 9.78 Å². The number of rotatable bonds is 5. The summed E-state index contributed by atoms with van der Waals surface area (Å²) >= 11 is 1.56. The molecule has 0 fully saturated rings. The van der Waals surface area contributed by atoms with E-state index in [0.29, 0.717) is 5.56 Å². The maximum atomic E-state index is 12.9. The van der Waals surface area contributed by atoms with Gasteiger partial charge in [-0.1, -0.05) is 24.3 Å². The van der Waals surface area contributed by atoms with Crippen LogP contribution < -0.4 is 10.1 Å². The second kappa shape index (κ2) is 7.07. The lowest BCUT2D eigenvalue weighted by Crippen LogP contribution is -2.41. The molecule has 0 aliphatic rings. The zero-order chi connectivity index (χ0) is 17.9. The standard InChI is InChI=1S/C20H20N2O2S/c1-20(2,18-10-6-7-11-21-18)22-19(23)16-9-5-4-8-15(16)17-12-14(24-3)13-25-17/h4-13H,1-3H3,(H,22,23). The molecule has 3 aromatic rings. The van der Waals surface area contributed by atoms with Crippen molar-refractivity contribution in [2.75, 3.05) is 7.11 Å². The highest BCUT2D eigenvalue weighted by molar-refractivity contribution is 7.13. The van der Waals surface area contributed by atoms with E-state index in [4.69, 9.17) is 4.74 Å². The van der Waals surface area contributed by atoms with Gasteiger partial charge in [0.25, 0.3) is 5.91 Å². The summed E-state index contributed by atoms with van der Waals surface area (Å²) in [5, 5.41) is 5.02. The molecule has 5 heteroatoms. The van der Waals surface area contributed by atoms with E-state index in [1.165, 1.54) is 0 Å². The molecule has 2 aromatic heterocycles. The van der Waals surface area contributed by atoms with Crippen molar-refractivity contribution < 1.29 is 9.53 Å². The van der Waals surface area contributed by atoms with Crippen LogP contribution in [-0.4, -0.2) is 18.0 Å². The van der Waals surface area contributed by atoms with Crippen molar-refractivity contribution in [1.82, 2.24) is 10.3 Å². The Labute approximate surface area is 151 Å². The molecule has 1 aromatic carbocycles. The minimum Gasteiger partial charge on any atom is -0.496 e. The summed E-state index contributed by atoms with van der Waals surface area (Å²) in [6.07, 6.45) is 1.73. The highest BCUT2D eigenvalue weighted by atomic mass is 32.1. The van der Waals surface area contributed by atoms with Gasteiger partial charge in [0.05, 0.1) is 18.3 Å². The zero-order valence-electron chi connectivity index (χ0n) is 14.4. The number of hydrogen-bond acceptors (Lipinski definition) is 4. The van der Waals surface area contributed by atoms with Crippen LogP contribution in [0.25, 0.3) is 10.4 Å². The summed E-state index contributed by atoms with van der Waals surface area (Å²) in [7, 11) is 1.64. The van der Waals surface area contributed by atoms with Crippen molar-refractivity contribution in [2.24, 2.45) is 0 Å². The van der Waals surface area contributed by atoms with Crippen LogP contribution in [-0.2, 0) is 5.54 Å². The Morgan fingerprint density at radius 3 is 2.60 bits per heavy atom. The number of amides is 1. The highest BCUT2D eigenvalue weighted by Crippen LogP contribution is 2.33. The van der Waals surface area contributed by atoms with E-state index in [-0.39, 0.29) is 5.91 Å². The van der Waals surface area contributed by atoms with Gasteiger partial charge in [-0.2, -0.15) is 0 Å². The minimum atomic E-state index is -0.571. The van der Waals surface area contributed by atoms with Gasteiger partial charge < -0.3 is 10.1 Å². The van der Waals surface area contributed by atoms with Crippen LogP contribution in [0.15, 0.2) is 60.1 Å². The van der Waals surface area contributed by atoms with Crippen LogP contribution in [0.4, 0.5) is 0 Å². The van der Waals surface area contributed by atoms with Gasteiger partial charge in [-0.15, -0.1) is 11.3 Å². The Morgan fingerprint density at radius 2 is 1.92 bits per heavy atom. The normalized spacial score (nSPS) is 11.2. The van der Waals surface area contributed by atoms with E-state index in [1.54, 1.807) is 24.6 Å². The molecular weight excluding hydrogens is 332 g/mol. The van der Waals surface area contributed by atoms with Gasteiger partial charge in [0.15, 0.2) is 0 Å². The molecule has 0 aliphatic carbocycles. The summed E-state index contributed by atoms with van der Waals surface area (Å²) < 4.78 is 5.26. The van der Waals surface area contributed by atoms with Crippen LogP contribution in [0.1, 0.15) is 29.9 Å². The lowest BCUT2D eigenvalue weighted by Gasteiger charge is -2.26. The third-order valence-corrected chi connectivity index (χ3v) is 4.92. The summed E-state index contributed by atoms with van der Waals surface area (Å²) in [6, 6.07) is 15.2. The average Bonchev–Trinajstić information content (AvgIpc) is 3.11. The molecule has 25 heavy (non-hydrogen) atoms. The number of methoxy groups -OCH3 is 1. The number of aromatic nitrogens is 1. The Bertz CT molecular complexity index is 872. The second-order valence-electron chi connectivity index (χ2n) is 6.19. The third-order valence-electron chi connectivity index (χ3n) is 3.98. The molecule has 0 saturated carbocycles. The predicted octanol–water partition coefficient (Wildman–Crippen LogP) is 4.48. The third kappa shape index (κ3) is 3.72. The molecule has 0 aliphatic heterocycles. The largest absolute Gasteiger partial charge is 0.496 e. The van der Waals surface area contributed by atoms with Gasteiger partial charge in [0.2, 0.25) is 0 Å². The molecule has 2 heterocycles. The zero-order valence-corrected chi connectivity index (χ0v) is 15.3. The van der Waals surface area contributed by atoms with Crippen molar-refractivity contribution in [3.63, 3.8) is 0 Å². The first-order valence-electron chi connectivity index (χ1n) is 7.97. The summed E-state index contributed by atoms with van der Waals surface area (Å²) in [5.74, 6) is 0.669. The van der Waals surface area contributed by atoms with Crippen LogP contribution in [0.5, 0.6) is 5.75 Å². The van der Waals surface area contributed by atoms with Crippen molar-refractivity contribution in [2.45, 2.75) is 19.4 Å². The Balaban J connectivity index is 1.90. The molecule has 0 spiro atoms. The number of hydrogen-bond donors (Lipinski definition) is 1. The number of ether oxygens (including phenoxy) is 1. The van der Waals surface area contributed by atoms with E-state index >= 15 is 0 Å². The lowest BCUT2D eigenvalue weighted by atomic mass is 9.98. The van der Waals surface area contributed by atoms with E-state index in [0.717, 1.165) is 21.9 Å². The number of nitrogens with zero attached hydrogens (tertiary/aromatic N) is 1. The van der Waals surface area contributed by atoms with Crippen LogP contribution in [0.3, 0.4) is 0 Å². The summed E-state index contributed by atoms with van der Waals surface area (Å²) in [4.78, 5) is 18.3. The highest BCUT2D eigenvalue weighted by Gasteiger charge is 2.26. The predicted molar refractivity (Wildman–Crippen MR) is 101 cm³/mol. The molecular formula is C20H20N2O2S. The van der Waals surface area contributed by atoms with Crippen molar-refractivity contribution >= 4 is 17.2 Å². The molecule has 4 nitrogen and oxygen atoms in total. The van der Waals surface area contributed by atoms with E-state index in [2.05, 4.69) is 10.3 Å². The van der Waals surface area contributed by atoms with E-state index in [1.807, 2.05) is 67.8 Å². The maximum absolute atomic E-state index is 12.9. The molecule has 1 N–H and O–H groups in total. The van der Waals surface area contributed by atoms with E-state index < -0.39 is 5.54 Å². The van der Waals surface area contributed by atoms with Crippen LogP contribution in [0, 0.1) is 0 Å².